The van der Waals surface area contributed by atoms with Crippen LogP contribution in [-0.2, 0) is 37.7 Å². The maximum atomic E-state index is 10.0. The molecule has 0 aliphatic carbocycles. The average Bonchev–Trinajstić information content (AvgIpc) is 1.89. The van der Waals surface area contributed by atoms with Crippen LogP contribution >= 0.6 is 0 Å². The second-order valence-electron chi connectivity index (χ2n) is 0.654. The van der Waals surface area contributed by atoms with Gasteiger partial charge in [0, 0.05) is 0 Å². The molecule has 11 heteroatoms. The Morgan fingerprint density at radius 1 is 1.00 bits per heavy atom. The van der Waals surface area contributed by atoms with E-state index < -0.39 is 18.3 Å². The molecule has 0 amide bonds. The van der Waals surface area contributed by atoms with Crippen LogP contribution in [-0.4, -0.2) is 18.3 Å². The largest absolute Gasteiger partial charge is 2.00 e. The number of rotatable bonds is 2. The fraction of sp³-hybridized carbons (Fsp3) is 0. The molecule has 0 aromatic rings. The van der Waals surface area contributed by atoms with E-state index in [1.165, 1.54) is 0 Å². The fourth-order valence-electron chi connectivity index (χ4n) is 0. The summed E-state index contributed by atoms with van der Waals surface area (Å²) in [5, 5.41) is 0. The van der Waals surface area contributed by atoms with Gasteiger partial charge in [0.05, 0.1) is 0 Å². The van der Waals surface area contributed by atoms with Gasteiger partial charge in [0.2, 0.25) is 0 Å². The van der Waals surface area contributed by atoms with Crippen LogP contribution in [0.2, 0.25) is 0 Å². The van der Waals surface area contributed by atoms with E-state index in [0.29, 0.717) is 0 Å². The zero-order valence-electron chi connectivity index (χ0n) is 4.91. The van der Waals surface area contributed by atoms with Crippen molar-refractivity contribution in [2.24, 2.45) is 0 Å². The third-order valence-electron chi connectivity index (χ3n) is 0.126. The van der Waals surface area contributed by atoms with Gasteiger partial charge >= 0.3 is 37.8 Å². The van der Waals surface area contributed by atoms with E-state index in [1.807, 2.05) is 0 Å². The summed E-state index contributed by atoms with van der Waals surface area (Å²) in [7, 11) is -7.08. The SMILES string of the molecule is O=[Si]([O-])OF.O=[Si]([O-])OF.[Zn+2]. The van der Waals surface area contributed by atoms with Crippen molar-refractivity contribution in [2.45, 2.75) is 0 Å². The van der Waals surface area contributed by atoms with Crippen molar-refractivity contribution in [3.63, 3.8) is 0 Å². The first-order valence-corrected chi connectivity index (χ1v) is 3.98. The van der Waals surface area contributed by atoms with Crippen LogP contribution in [0, 0.1) is 0 Å². The second kappa shape index (κ2) is 12.4. The summed E-state index contributed by atoms with van der Waals surface area (Å²) in [6.07, 6.45) is 0. The molecule has 0 fully saturated rings. The molecule has 0 atom stereocenters. The van der Waals surface area contributed by atoms with Gasteiger partial charge in [-0.25, -0.2) is 0 Å². The Bertz CT molecular complexity index is 103. The van der Waals surface area contributed by atoms with Crippen molar-refractivity contribution in [3.05, 3.63) is 0 Å². The van der Waals surface area contributed by atoms with Crippen LogP contribution < -0.4 is 9.59 Å². The Labute approximate surface area is 75.1 Å². The van der Waals surface area contributed by atoms with Crippen LogP contribution in [0.4, 0.5) is 9.05 Å². The van der Waals surface area contributed by atoms with E-state index in [9.17, 15) is 9.05 Å². The van der Waals surface area contributed by atoms with Gasteiger partial charge < -0.3 is 27.8 Å². The molecule has 0 saturated carbocycles. The van der Waals surface area contributed by atoms with Gasteiger partial charge in [-0.1, -0.05) is 9.05 Å². The van der Waals surface area contributed by atoms with Crippen molar-refractivity contribution in [1.29, 1.82) is 0 Å². The van der Waals surface area contributed by atoms with Gasteiger partial charge in [-0.3, -0.25) is 0 Å². The predicted octanol–water partition coefficient (Wildman–Crippen LogP) is -2.68. The van der Waals surface area contributed by atoms with Gasteiger partial charge in [0.15, 0.2) is 0 Å². The van der Waals surface area contributed by atoms with Crippen molar-refractivity contribution in [2.75, 3.05) is 0 Å². The molecule has 0 rings (SSSR count). The Morgan fingerprint density at radius 2 is 1.09 bits per heavy atom. The number of halogens is 2. The zero-order valence-corrected chi connectivity index (χ0v) is 9.88. The standard InChI is InChI=1S/2FO3Si.Zn/c2*1-4-5(2)3;/q2*-1;+2. The minimum absolute atomic E-state index is 0. The molecular weight excluding hydrogens is 256 g/mol. The van der Waals surface area contributed by atoms with Gasteiger partial charge in [-0.15, -0.1) is 0 Å². The van der Waals surface area contributed by atoms with E-state index in [2.05, 4.69) is 9.26 Å². The van der Waals surface area contributed by atoms with Crippen LogP contribution in [0.5, 0.6) is 0 Å². The van der Waals surface area contributed by atoms with E-state index >= 15 is 0 Å². The third-order valence-corrected chi connectivity index (χ3v) is 0.378. The molecule has 0 aliphatic rings. The van der Waals surface area contributed by atoms with E-state index in [4.69, 9.17) is 18.5 Å². The molecule has 0 aliphatic heterocycles. The first-order valence-electron chi connectivity index (χ1n) is 1.53. The first kappa shape index (κ1) is 17.0. The van der Waals surface area contributed by atoms with Crippen LogP contribution in [0.1, 0.15) is 0 Å². The van der Waals surface area contributed by atoms with Gasteiger partial charge in [0.25, 0.3) is 0 Å². The van der Waals surface area contributed by atoms with Crippen LogP contribution in [0.3, 0.4) is 0 Å². The zero-order chi connectivity index (χ0) is 8.57. The Balaban J connectivity index is -0.000000107. The molecule has 11 heavy (non-hydrogen) atoms. The predicted molar refractivity (Wildman–Crippen MR) is 17.3 cm³/mol. The third kappa shape index (κ3) is 41.9. The van der Waals surface area contributed by atoms with E-state index in [-0.39, 0.29) is 19.5 Å². The molecule has 6 nitrogen and oxygen atoms in total. The molecule has 0 spiro atoms. The van der Waals surface area contributed by atoms with Gasteiger partial charge in [-0.2, -0.15) is 0 Å². The molecule has 0 aromatic heterocycles. The van der Waals surface area contributed by atoms with Crippen molar-refractivity contribution < 1.29 is 56.3 Å². The Kier molecular flexibility index (Phi) is 19.2. The summed E-state index contributed by atoms with van der Waals surface area (Å²) in [6.45, 7) is 0. The molecule has 0 bridgehead atoms. The minimum atomic E-state index is -3.54. The first-order chi connectivity index (χ1) is 4.54. The molecule has 0 radical (unpaired) electrons. The van der Waals surface area contributed by atoms with Crippen molar-refractivity contribution in [3.8, 4) is 0 Å². The average molecular weight is 256 g/mol. The van der Waals surface area contributed by atoms with Crippen LogP contribution in [0.25, 0.3) is 0 Å². The summed E-state index contributed by atoms with van der Waals surface area (Å²) >= 11 is 0. The Morgan fingerprint density at radius 3 is 1.09 bits per heavy atom. The van der Waals surface area contributed by atoms with Gasteiger partial charge in [0.1, 0.15) is 0 Å². The topological polar surface area (TPSA) is 98.7 Å². The summed E-state index contributed by atoms with van der Waals surface area (Å²) in [5.74, 6) is 0. The molecule has 0 aromatic carbocycles. The van der Waals surface area contributed by atoms with E-state index in [1.54, 1.807) is 0 Å². The molecule has 0 N–H and O–H groups in total. The number of hydrogen-bond acceptors (Lipinski definition) is 6. The monoisotopic (exact) mass is 254 g/mol. The molecule has 0 unspecified atom stereocenters. The van der Waals surface area contributed by atoms with Crippen molar-refractivity contribution >= 4 is 18.3 Å². The smallest absolute Gasteiger partial charge is 0.478 e. The van der Waals surface area contributed by atoms with E-state index in [0.717, 1.165) is 0 Å². The quantitative estimate of drug-likeness (QED) is 0.499. The van der Waals surface area contributed by atoms with Crippen LogP contribution in [0.15, 0.2) is 0 Å². The summed E-state index contributed by atoms with van der Waals surface area (Å²) in [4.78, 5) is 17.7. The molecule has 60 valence electrons. The Hall–Kier alpha value is -0.283. The summed E-state index contributed by atoms with van der Waals surface area (Å²) < 4.78 is 42.2. The minimum Gasteiger partial charge on any atom is -0.478 e. The second-order valence-corrected chi connectivity index (χ2v) is 1.96. The normalized spacial score (nSPS) is 6.00. The maximum absolute atomic E-state index is 10.0. The molecule has 0 heterocycles. The van der Waals surface area contributed by atoms with Crippen molar-refractivity contribution in [1.82, 2.24) is 0 Å². The summed E-state index contributed by atoms with van der Waals surface area (Å²) in [5.41, 5.74) is 0. The number of hydrogen-bond donors (Lipinski definition) is 0. The fourth-order valence-corrected chi connectivity index (χ4v) is 0. The molecular formula is F2O6Si2Zn. The summed E-state index contributed by atoms with van der Waals surface area (Å²) in [6, 6.07) is 0. The van der Waals surface area contributed by atoms with Gasteiger partial charge in [-0.05, 0) is 0 Å². The molecule has 0 saturated heterocycles. The maximum Gasteiger partial charge on any atom is 2.00 e.